The molecule has 0 spiro atoms. The van der Waals surface area contributed by atoms with Crippen molar-refractivity contribution in [3.63, 3.8) is 0 Å². The number of carbonyl (C=O) groups excluding carboxylic acids is 4. The summed E-state index contributed by atoms with van der Waals surface area (Å²) < 4.78 is 79.2. The summed E-state index contributed by atoms with van der Waals surface area (Å²) in [5.41, 5.74) is 0.102. The number of imide groups is 2. The third-order valence-electron chi connectivity index (χ3n) is 10.9. The Labute approximate surface area is 318 Å². The summed E-state index contributed by atoms with van der Waals surface area (Å²) in [6.45, 7) is 0. The van der Waals surface area contributed by atoms with Gasteiger partial charge in [0.05, 0.1) is 24.6 Å². The highest BCUT2D eigenvalue weighted by Gasteiger charge is 2.77. The molecule has 4 amide bonds. The number of nitrogens with zero attached hydrogens (tertiary/aromatic N) is 2. The third-order valence-corrected chi connectivity index (χ3v) is 12.4. The van der Waals surface area contributed by atoms with Gasteiger partial charge in [0, 0.05) is 28.9 Å². The normalized spacial score (nSPS) is 27.2. The van der Waals surface area contributed by atoms with Crippen LogP contribution >= 0.6 is 23.2 Å². The van der Waals surface area contributed by atoms with Crippen molar-refractivity contribution < 1.29 is 51.0 Å². The SMILES string of the molecule is COc1cc(O)ccc1[C@H]1C2=CC[C@@H]3C(=O)N(c4ccc(Nc5ccccc5)cc4)C(=O)[C@@H]3[C@@H]2C[C@@]2(Cl)C(=O)N(c3c(F)c(F)c(F)c(F)c3F)C(=O)[C@@]12Cl. The molecule has 2 saturated heterocycles. The van der Waals surface area contributed by atoms with Crippen LogP contribution in [0.1, 0.15) is 24.3 Å². The lowest BCUT2D eigenvalue weighted by Gasteiger charge is -2.50. The van der Waals surface area contributed by atoms with Gasteiger partial charge in [0.2, 0.25) is 17.6 Å². The highest BCUT2D eigenvalue weighted by atomic mass is 35.5. The van der Waals surface area contributed by atoms with Crippen molar-refractivity contribution in [3.05, 3.63) is 119 Å². The van der Waals surface area contributed by atoms with E-state index in [0.29, 0.717) is 5.69 Å². The van der Waals surface area contributed by atoms with Crippen LogP contribution < -0.4 is 19.9 Å². The van der Waals surface area contributed by atoms with Gasteiger partial charge in [-0.05, 0) is 61.2 Å². The fourth-order valence-electron chi connectivity index (χ4n) is 8.49. The summed E-state index contributed by atoms with van der Waals surface area (Å²) in [4.78, 5) is 52.7. The maximum Gasteiger partial charge on any atom is 0.258 e. The molecular formula is C39H26Cl2F5N3O6. The Morgan fingerprint density at radius 2 is 1.38 bits per heavy atom. The van der Waals surface area contributed by atoms with Crippen LogP contribution in [0.4, 0.5) is 44.7 Å². The van der Waals surface area contributed by atoms with E-state index in [1.807, 2.05) is 30.3 Å². The second kappa shape index (κ2) is 12.8. The monoisotopic (exact) mass is 797 g/mol. The molecule has 0 aromatic heterocycles. The number of aromatic hydroxyl groups is 1. The minimum absolute atomic E-state index is 0.0327. The summed E-state index contributed by atoms with van der Waals surface area (Å²) in [5.74, 6) is -22.0. The average Bonchev–Trinajstić information content (AvgIpc) is 3.52. The maximum absolute atomic E-state index is 15.3. The first-order chi connectivity index (χ1) is 26.1. The number of carbonyl (C=O) groups is 4. The Morgan fingerprint density at radius 1 is 0.764 bits per heavy atom. The van der Waals surface area contributed by atoms with Gasteiger partial charge in [-0.25, -0.2) is 26.9 Å². The first-order valence-corrected chi connectivity index (χ1v) is 17.6. The molecule has 0 unspecified atom stereocenters. The fourth-order valence-corrected chi connectivity index (χ4v) is 9.41. The summed E-state index contributed by atoms with van der Waals surface area (Å²) in [5, 5.41) is 13.5. The topological polar surface area (TPSA) is 116 Å². The molecule has 2 heterocycles. The van der Waals surface area contributed by atoms with Crippen molar-refractivity contribution in [1.82, 2.24) is 0 Å². The van der Waals surface area contributed by atoms with Crippen LogP contribution in [0.5, 0.6) is 11.5 Å². The van der Waals surface area contributed by atoms with Gasteiger partial charge in [-0.15, -0.1) is 23.2 Å². The molecule has 55 heavy (non-hydrogen) atoms. The van der Waals surface area contributed by atoms with Crippen molar-refractivity contribution in [3.8, 4) is 11.5 Å². The average molecular weight is 799 g/mol. The molecule has 8 rings (SSSR count). The van der Waals surface area contributed by atoms with E-state index in [4.69, 9.17) is 27.9 Å². The number of anilines is 4. The largest absolute Gasteiger partial charge is 0.508 e. The summed E-state index contributed by atoms with van der Waals surface area (Å²) in [7, 11) is 1.22. The van der Waals surface area contributed by atoms with E-state index in [-0.39, 0.29) is 39.6 Å². The van der Waals surface area contributed by atoms with Crippen LogP contribution in [-0.2, 0) is 19.2 Å². The lowest BCUT2D eigenvalue weighted by atomic mass is 9.56. The van der Waals surface area contributed by atoms with E-state index in [1.165, 1.54) is 19.2 Å². The summed E-state index contributed by atoms with van der Waals surface area (Å²) in [6, 6.07) is 19.4. The number of hydrogen-bond acceptors (Lipinski definition) is 7. The molecule has 2 aliphatic heterocycles. The third kappa shape index (κ3) is 5.03. The molecule has 2 aliphatic carbocycles. The zero-order valence-corrected chi connectivity index (χ0v) is 29.8. The number of allylic oxidation sites excluding steroid dienone is 2. The highest BCUT2D eigenvalue weighted by Crippen LogP contribution is 2.67. The van der Waals surface area contributed by atoms with E-state index < -0.39 is 98.2 Å². The number of methoxy groups -OCH3 is 1. The van der Waals surface area contributed by atoms with E-state index in [2.05, 4.69) is 5.32 Å². The van der Waals surface area contributed by atoms with Crippen LogP contribution in [0.3, 0.4) is 0 Å². The number of phenols is 1. The molecule has 9 nitrogen and oxygen atoms in total. The number of benzene rings is 4. The zero-order chi connectivity index (χ0) is 39.3. The predicted molar refractivity (Wildman–Crippen MR) is 190 cm³/mol. The van der Waals surface area contributed by atoms with Crippen LogP contribution in [0.15, 0.2) is 84.4 Å². The first-order valence-electron chi connectivity index (χ1n) is 16.8. The molecule has 4 aromatic rings. The number of halogens is 7. The summed E-state index contributed by atoms with van der Waals surface area (Å²) in [6.07, 6.45) is 0.864. The molecule has 0 bridgehead atoms. The zero-order valence-electron chi connectivity index (χ0n) is 28.3. The Kier molecular flexibility index (Phi) is 8.50. The van der Waals surface area contributed by atoms with Gasteiger partial charge >= 0.3 is 0 Å². The smallest absolute Gasteiger partial charge is 0.258 e. The Hall–Kier alpha value is -5.47. The van der Waals surface area contributed by atoms with Crippen LogP contribution in [0.2, 0.25) is 0 Å². The quantitative estimate of drug-likeness (QED) is 0.0516. The fraction of sp³-hybridized carbons (Fsp3) is 0.231. The first kappa shape index (κ1) is 36.5. The lowest BCUT2D eigenvalue weighted by Crippen LogP contribution is -2.60. The number of ether oxygens (including phenoxy) is 1. The van der Waals surface area contributed by atoms with Crippen molar-refractivity contribution in [2.45, 2.75) is 28.5 Å². The molecule has 6 atom stereocenters. The maximum atomic E-state index is 15.3. The van der Waals surface area contributed by atoms with Gasteiger partial charge in [0.1, 0.15) is 17.2 Å². The molecule has 2 N–H and O–H groups in total. The Bertz CT molecular complexity index is 2350. The van der Waals surface area contributed by atoms with Crippen molar-refractivity contribution in [2.75, 3.05) is 22.2 Å². The second-order valence-electron chi connectivity index (χ2n) is 13.7. The molecule has 1 saturated carbocycles. The number of phenolic OH excluding ortho intramolecular Hbond substituents is 1. The number of para-hydroxylation sites is 1. The molecule has 282 valence electrons. The van der Waals surface area contributed by atoms with Gasteiger partial charge in [0.25, 0.3) is 11.8 Å². The van der Waals surface area contributed by atoms with Gasteiger partial charge in [0.15, 0.2) is 33.0 Å². The Balaban J connectivity index is 1.25. The van der Waals surface area contributed by atoms with Crippen molar-refractivity contribution in [2.24, 2.45) is 17.8 Å². The summed E-state index contributed by atoms with van der Waals surface area (Å²) >= 11 is 14.4. The van der Waals surface area contributed by atoms with Gasteiger partial charge < -0.3 is 15.2 Å². The van der Waals surface area contributed by atoms with Crippen molar-refractivity contribution in [1.29, 1.82) is 0 Å². The van der Waals surface area contributed by atoms with E-state index >= 15 is 8.78 Å². The second-order valence-corrected chi connectivity index (χ2v) is 14.9. The standard InChI is InChI=1S/C39H26Cl2F5N3O6/c1-55-25-15-20(50)11-12-22(25)27-21-13-14-23-26(35(52)48(34(23)51)19-9-7-18(8-10-19)47-17-5-3-2-4-6-17)24(21)16-38(40)36(53)49(37(54)39(27,38)41)33-31(45)29(43)28(42)30(44)32(33)46/h2-13,15,23-24,26-27,47,50H,14,16H2,1H3/t23-,24+,26-,27+,38+,39-/m0/s1. The highest BCUT2D eigenvalue weighted by molar-refractivity contribution is 6.58. The van der Waals surface area contributed by atoms with Crippen LogP contribution in [-0.4, -0.2) is 45.6 Å². The number of fused-ring (bicyclic) bond motifs is 4. The number of hydrogen-bond donors (Lipinski definition) is 2. The van der Waals surface area contributed by atoms with Gasteiger partial charge in [-0.2, -0.15) is 0 Å². The molecule has 4 aliphatic rings. The number of rotatable bonds is 6. The van der Waals surface area contributed by atoms with E-state index in [0.717, 1.165) is 16.7 Å². The van der Waals surface area contributed by atoms with Gasteiger partial charge in [-0.1, -0.05) is 35.9 Å². The van der Waals surface area contributed by atoms with Crippen molar-refractivity contribution >= 4 is 69.6 Å². The van der Waals surface area contributed by atoms with E-state index in [1.54, 1.807) is 30.3 Å². The predicted octanol–water partition coefficient (Wildman–Crippen LogP) is 7.61. The Morgan fingerprint density at radius 3 is 2.02 bits per heavy atom. The van der Waals surface area contributed by atoms with Crippen LogP contribution in [0, 0.1) is 46.8 Å². The lowest BCUT2D eigenvalue weighted by molar-refractivity contribution is -0.125. The number of alkyl halides is 2. The molecule has 0 radical (unpaired) electrons. The van der Waals surface area contributed by atoms with Crippen LogP contribution in [0.25, 0.3) is 0 Å². The molecule has 4 aromatic carbocycles. The minimum Gasteiger partial charge on any atom is -0.508 e. The van der Waals surface area contributed by atoms with Gasteiger partial charge in [-0.3, -0.25) is 24.1 Å². The molecule has 3 fully saturated rings. The molecule has 16 heteroatoms. The number of nitrogens with one attached hydrogen (secondary N) is 1. The molecular weight excluding hydrogens is 772 g/mol. The minimum atomic E-state index is -2.74. The number of amides is 4. The van der Waals surface area contributed by atoms with E-state index in [9.17, 15) is 37.5 Å².